The molecule has 2 aromatic heterocycles. The number of thiophene rings is 1. The zero-order chi connectivity index (χ0) is 10.8. The average Bonchev–Trinajstić information content (AvgIpc) is 2.58. The standard InChI is InChI=1S/C10H10BrNO2S/c1-2-3-12-8-4-7(13)10-9(14-8)6(11)5-15-10/h4-5,12H,2-3H2,1H3. The minimum absolute atomic E-state index is 0.00514. The number of hydrogen-bond donors (Lipinski definition) is 1. The molecule has 0 aliphatic carbocycles. The van der Waals surface area contributed by atoms with Gasteiger partial charge in [0.2, 0.25) is 5.43 Å². The fraction of sp³-hybridized carbons (Fsp3) is 0.300. The molecule has 1 N–H and O–H groups in total. The van der Waals surface area contributed by atoms with Gasteiger partial charge in [-0.05, 0) is 22.4 Å². The van der Waals surface area contributed by atoms with Crippen molar-refractivity contribution in [2.75, 3.05) is 11.9 Å². The van der Waals surface area contributed by atoms with Gasteiger partial charge in [-0.3, -0.25) is 4.79 Å². The van der Waals surface area contributed by atoms with Gasteiger partial charge in [-0.2, -0.15) is 0 Å². The molecule has 0 fully saturated rings. The predicted octanol–water partition coefficient (Wildman–Crippen LogP) is 3.44. The lowest BCUT2D eigenvalue weighted by Gasteiger charge is -2.02. The number of fused-ring (bicyclic) bond motifs is 1. The van der Waals surface area contributed by atoms with E-state index < -0.39 is 0 Å². The van der Waals surface area contributed by atoms with Crippen LogP contribution in [0.15, 0.2) is 25.1 Å². The molecular weight excluding hydrogens is 278 g/mol. The van der Waals surface area contributed by atoms with E-state index in [1.165, 1.54) is 17.4 Å². The van der Waals surface area contributed by atoms with E-state index in [9.17, 15) is 4.79 Å². The summed E-state index contributed by atoms with van der Waals surface area (Å²) in [5.41, 5.74) is 0.636. The SMILES string of the molecule is CCCNc1cc(=O)c2scc(Br)c2o1. The number of hydrogen-bond acceptors (Lipinski definition) is 4. The highest BCUT2D eigenvalue weighted by molar-refractivity contribution is 9.10. The summed E-state index contributed by atoms with van der Waals surface area (Å²) >= 11 is 4.75. The topological polar surface area (TPSA) is 42.2 Å². The summed E-state index contributed by atoms with van der Waals surface area (Å²) in [6, 6.07) is 1.50. The third kappa shape index (κ3) is 2.08. The molecule has 0 saturated heterocycles. The van der Waals surface area contributed by atoms with Crippen molar-refractivity contribution in [3.05, 3.63) is 26.1 Å². The molecule has 0 amide bonds. The highest BCUT2D eigenvalue weighted by Crippen LogP contribution is 2.29. The van der Waals surface area contributed by atoms with Gasteiger partial charge < -0.3 is 9.73 Å². The maximum atomic E-state index is 11.7. The van der Waals surface area contributed by atoms with Gasteiger partial charge in [0, 0.05) is 18.0 Å². The fourth-order valence-electron chi connectivity index (χ4n) is 1.25. The quantitative estimate of drug-likeness (QED) is 0.940. The number of anilines is 1. The zero-order valence-electron chi connectivity index (χ0n) is 8.17. The molecule has 0 aliphatic rings. The van der Waals surface area contributed by atoms with Gasteiger partial charge in [-0.1, -0.05) is 6.92 Å². The van der Waals surface area contributed by atoms with Gasteiger partial charge in [0.1, 0.15) is 4.70 Å². The van der Waals surface area contributed by atoms with E-state index in [0.29, 0.717) is 16.2 Å². The van der Waals surface area contributed by atoms with Gasteiger partial charge in [0.15, 0.2) is 11.5 Å². The molecule has 0 radical (unpaired) electrons. The van der Waals surface area contributed by atoms with Crippen LogP contribution in [0.5, 0.6) is 0 Å². The van der Waals surface area contributed by atoms with Crippen LogP contribution in [-0.2, 0) is 0 Å². The molecule has 2 aromatic rings. The van der Waals surface area contributed by atoms with Crippen molar-refractivity contribution >= 4 is 43.4 Å². The molecule has 5 heteroatoms. The van der Waals surface area contributed by atoms with E-state index in [2.05, 4.69) is 28.2 Å². The summed E-state index contributed by atoms with van der Waals surface area (Å²) in [6.07, 6.45) is 0.993. The van der Waals surface area contributed by atoms with Gasteiger partial charge >= 0.3 is 0 Å². The Balaban J connectivity index is 2.50. The summed E-state index contributed by atoms with van der Waals surface area (Å²) in [5.74, 6) is 0.536. The Morgan fingerprint density at radius 2 is 2.40 bits per heavy atom. The molecule has 0 atom stereocenters. The van der Waals surface area contributed by atoms with Crippen LogP contribution in [0, 0.1) is 0 Å². The number of nitrogens with one attached hydrogen (secondary N) is 1. The van der Waals surface area contributed by atoms with Gasteiger partial charge in [0.25, 0.3) is 0 Å². The van der Waals surface area contributed by atoms with E-state index in [1.807, 2.05) is 5.38 Å². The highest BCUT2D eigenvalue weighted by Gasteiger charge is 2.09. The lowest BCUT2D eigenvalue weighted by molar-refractivity contribution is 0.613. The monoisotopic (exact) mass is 287 g/mol. The molecule has 3 nitrogen and oxygen atoms in total. The van der Waals surface area contributed by atoms with Crippen LogP contribution in [0.1, 0.15) is 13.3 Å². The molecule has 0 saturated carbocycles. The third-order valence-electron chi connectivity index (χ3n) is 1.95. The van der Waals surface area contributed by atoms with Crippen molar-refractivity contribution in [3.8, 4) is 0 Å². The molecule has 80 valence electrons. The Morgan fingerprint density at radius 1 is 1.60 bits per heavy atom. The van der Waals surface area contributed by atoms with Crippen LogP contribution < -0.4 is 10.7 Å². The van der Waals surface area contributed by atoms with Crippen LogP contribution in [-0.4, -0.2) is 6.54 Å². The van der Waals surface area contributed by atoms with E-state index >= 15 is 0 Å². The molecule has 0 aliphatic heterocycles. The number of rotatable bonds is 3. The lowest BCUT2D eigenvalue weighted by atomic mass is 10.4. The first-order chi connectivity index (χ1) is 7.22. The van der Waals surface area contributed by atoms with Crippen LogP contribution >= 0.6 is 27.3 Å². The first kappa shape index (κ1) is 10.7. The molecule has 2 rings (SSSR count). The Bertz CT molecular complexity index is 532. The highest BCUT2D eigenvalue weighted by atomic mass is 79.9. The maximum absolute atomic E-state index is 11.7. The number of halogens is 1. The molecule has 15 heavy (non-hydrogen) atoms. The van der Waals surface area contributed by atoms with Crippen LogP contribution in [0.25, 0.3) is 10.3 Å². The largest absolute Gasteiger partial charge is 0.438 e. The van der Waals surface area contributed by atoms with E-state index in [-0.39, 0.29) is 5.43 Å². The van der Waals surface area contributed by atoms with Crippen molar-refractivity contribution in [1.29, 1.82) is 0 Å². The van der Waals surface area contributed by atoms with E-state index in [0.717, 1.165) is 17.4 Å². The third-order valence-corrected chi connectivity index (χ3v) is 3.82. The van der Waals surface area contributed by atoms with Crippen molar-refractivity contribution in [1.82, 2.24) is 0 Å². The predicted molar refractivity (Wildman–Crippen MR) is 66.8 cm³/mol. The second-order valence-electron chi connectivity index (χ2n) is 3.14. The lowest BCUT2D eigenvalue weighted by Crippen LogP contribution is -2.04. The van der Waals surface area contributed by atoms with Crippen molar-refractivity contribution in [3.63, 3.8) is 0 Å². The Kier molecular flexibility index (Phi) is 3.11. The van der Waals surface area contributed by atoms with Crippen LogP contribution in [0.3, 0.4) is 0 Å². The molecule has 0 aromatic carbocycles. The minimum Gasteiger partial charge on any atom is -0.438 e. The second-order valence-corrected chi connectivity index (χ2v) is 4.88. The summed E-state index contributed by atoms with van der Waals surface area (Å²) < 4.78 is 7.06. The van der Waals surface area contributed by atoms with E-state index in [4.69, 9.17) is 4.42 Å². The average molecular weight is 288 g/mol. The van der Waals surface area contributed by atoms with Crippen LogP contribution in [0.2, 0.25) is 0 Å². The van der Waals surface area contributed by atoms with Crippen molar-refractivity contribution in [2.24, 2.45) is 0 Å². The molecule has 0 bridgehead atoms. The summed E-state index contributed by atoms with van der Waals surface area (Å²) in [7, 11) is 0. The Hall–Kier alpha value is -0.810. The normalized spacial score (nSPS) is 10.8. The van der Waals surface area contributed by atoms with Gasteiger partial charge in [-0.15, -0.1) is 11.3 Å². The summed E-state index contributed by atoms with van der Waals surface area (Å²) in [6.45, 7) is 2.86. The molecule has 0 spiro atoms. The van der Waals surface area contributed by atoms with Gasteiger partial charge in [0.05, 0.1) is 4.47 Å². The Morgan fingerprint density at radius 3 is 3.13 bits per heavy atom. The molecular formula is C10H10BrNO2S. The Labute approximate surface area is 99.2 Å². The smallest absolute Gasteiger partial charge is 0.204 e. The summed E-state index contributed by atoms with van der Waals surface area (Å²) in [4.78, 5) is 11.7. The van der Waals surface area contributed by atoms with Crippen molar-refractivity contribution in [2.45, 2.75) is 13.3 Å². The van der Waals surface area contributed by atoms with Gasteiger partial charge in [-0.25, -0.2) is 0 Å². The fourth-order valence-corrected chi connectivity index (χ4v) is 2.70. The second kappa shape index (κ2) is 4.37. The molecule has 2 heterocycles. The zero-order valence-corrected chi connectivity index (χ0v) is 10.6. The van der Waals surface area contributed by atoms with Crippen LogP contribution in [0.4, 0.5) is 5.88 Å². The first-order valence-corrected chi connectivity index (χ1v) is 6.34. The first-order valence-electron chi connectivity index (χ1n) is 4.67. The van der Waals surface area contributed by atoms with Crippen molar-refractivity contribution < 1.29 is 4.42 Å². The molecule has 0 unspecified atom stereocenters. The maximum Gasteiger partial charge on any atom is 0.204 e. The summed E-state index contributed by atoms with van der Waals surface area (Å²) in [5, 5.41) is 4.92. The van der Waals surface area contributed by atoms with E-state index in [1.54, 1.807) is 0 Å². The minimum atomic E-state index is 0.00514.